The summed E-state index contributed by atoms with van der Waals surface area (Å²) in [5, 5.41) is 8.72. The van der Waals surface area contributed by atoms with Crippen molar-refractivity contribution in [1.29, 1.82) is 0 Å². The van der Waals surface area contributed by atoms with Gasteiger partial charge in [0.25, 0.3) is 0 Å². The van der Waals surface area contributed by atoms with Gasteiger partial charge in [0.05, 0.1) is 13.2 Å². The van der Waals surface area contributed by atoms with Gasteiger partial charge in [-0.2, -0.15) is 0 Å². The zero-order chi connectivity index (χ0) is 20.0. The molecule has 0 saturated heterocycles. The number of aliphatic hydroxyl groups is 1. The zero-order valence-electron chi connectivity index (χ0n) is 17.0. The highest BCUT2D eigenvalue weighted by atomic mass is 16.5. The molecule has 0 aliphatic carbocycles. The van der Waals surface area contributed by atoms with Crippen LogP contribution >= 0.6 is 0 Å². The molecule has 4 heteroatoms. The Bertz CT molecular complexity index is 453. The number of aliphatic hydroxyl groups excluding tert-OH is 1. The van der Waals surface area contributed by atoms with Crippen LogP contribution in [0.2, 0.25) is 0 Å². The number of ether oxygens (including phenoxy) is 1. The molecule has 0 saturated carbocycles. The molecule has 0 aromatic carbocycles. The first-order valence-electron chi connectivity index (χ1n) is 10.3. The van der Waals surface area contributed by atoms with Crippen LogP contribution in [-0.2, 0) is 9.53 Å². The molecule has 0 unspecified atom stereocenters. The van der Waals surface area contributed by atoms with Gasteiger partial charge in [-0.15, -0.1) is 0 Å². The fourth-order valence-electron chi connectivity index (χ4n) is 2.28. The van der Waals surface area contributed by atoms with Gasteiger partial charge in [-0.25, -0.2) is 0 Å². The summed E-state index contributed by atoms with van der Waals surface area (Å²) < 4.78 is 4.95. The fraction of sp³-hybridized carbons (Fsp3) is 0.609. The first kappa shape index (κ1) is 25.4. The summed E-state index contributed by atoms with van der Waals surface area (Å²) in [6.45, 7) is 2.22. The van der Waals surface area contributed by atoms with E-state index in [1.54, 1.807) is 0 Å². The number of unbranched alkanes of at least 4 members (excludes halogenated alkanes) is 5. The third-order valence-electron chi connectivity index (χ3n) is 3.97. The molecule has 0 aliphatic rings. The highest BCUT2D eigenvalue weighted by Crippen LogP contribution is 2.01. The van der Waals surface area contributed by atoms with Crippen molar-refractivity contribution >= 4 is 5.97 Å². The summed E-state index contributed by atoms with van der Waals surface area (Å²) in [7, 11) is 0. The first-order chi connectivity index (χ1) is 13.2. The van der Waals surface area contributed by atoms with Crippen molar-refractivity contribution in [2.45, 2.75) is 77.2 Å². The van der Waals surface area contributed by atoms with E-state index in [1.807, 2.05) is 0 Å². The number of rotatable bonds is 17. The molecule has 1 atom stereocenters. The molecular formula is C23H39NO3. The van der Waals surface area contributed by atoms with E-state index >= 15 is 0 Å². The van der Waals surface area contributed by atoms with Gasteiger partial charge in [-0.05, 0) is 51.4 Å². The summed E-state index contributed by atoms with van der Waals surface area (Å²) >= 11 is 0. The molecular weight excluding hydrogens is 338 g/mol. The normalized spacial score (nSPS) is 13.4. The van der Waals surface area contributed by atoms with Crippen molar-refractivity contribution in [1.82, 2.24) is 0 Å². The predicted molar refractivity (Wildman–Crippen MR) is 114 cm³/mol. The second kappa shape index (κ2) is 20.7. The lowest BCUT2D eigenvalue weighted by Crippen LogP contribution is -2.35. The van der Waals surface area contributed by atoms with Crippen LogP contribution in [0, 0.1) is 0 Å². The van der Waals surface area contributed by atoms with Crippen molar-refractivity contribution in [3.63, 3.8) is 0 Å². The van der Waals surface area contributed by atoms with Crippen LogP contribution in [0.25, 0.3) is 0 Å². The number of carbonyl (C=O) groups excluding carboxylic acids is 1. The quantitative estimate of drug-likeness (QED) is 0.213. The third-order valence-corrected chi connectivity index (χ3v) is 3.97. The highest BCUT2D eigenvalue weighted by Gasteiger charge is 2.12. The molecule has 0 amide bonds. The molecule has 0 radical (unpaired) electrons. The van der Waals surface area contributed by atoms with Crippen LogP contribution in [0.4, 0.5) is 0 Å². The van der Waals surface area contributed by atoms with Crippen LogP contribution in [0.15, 0.2) is 48.6 Å². The average Bonchev–Trinajstić information content (AvgIpc) is 2.68. The molecule has 0 aromatic heterocycles. The van der Waals surface area contributed by atoms with Crippen LogP contribution in [0.5, 0.6) is 0 Å². The number of esters is 1. The summed E-state index contributed by atoms with van der Waals surface area (Å²) in [4.78, 5) is 11.2. The Kier molecular flexibility index (Phi) is 19.4. The number of hydrogen-bond donors (Lipinski definition) is 2. The van der Waals surface area contributed by atoms with Crippen LogP contribution in [0.3, 0.4) is 0 Å². The Morgan fingerprint density at radius 1 is 0.852 bits per heavy atom. The van der Waals surface area contributed by atoms with E-state index in [4.69, 9.17) is 15.6 Å². The van der Waals surface area contributed by atoms with Gasteiger partial charge in [0.1, 0.15) is 6.04 Å². The zero-order valence-corrected chi connectivity index (χ0v) is 17.0. The van der Waals surface area contributed by atoms with E-state index in [9.17, 15) is 4.79 Å². The van der Waals surface area contributed by atoms with E-state index in [0.29, 0.717) is 6.61 Å². The maximum atomic E-state index is 11.2. The topological polar surface area (TPSA) is 72.5 Å². The molecule has 4 nitrogen and oxygen atoms in total. The second-order valence-electron chi connectivity index (χ2n) is 6.54. The molecule has 0 bridgehead atoms. The Hall–Kier alpha value is -1.65. The SMILES string of the molecule is CCCCCC=CCC=CCC=CCC=CCCCCOC(=O)[C@@H](N)CO. The smallest absolute Gasteiger partial charge is 0.325 e. The summed E-state index contributed by atoms with van der Waals surface area (Å²) in [6, 6.07) is -0.918. The van der Waals surface area contributed by atoms with E-state index < -0.39 is 12.0 Å². The molecule has 0 aliphatic heterocycles. The number of hydrogen-bond acceptors (Lipinski definition) is 4. The van der Waals surface area contributed by atoms with Gasteiger partial charge in [0, 0.05) is 0 Å². The van der Waals surface area contributed by atoms with E-state index in [0.717, 1.165) is 38.5 Å². The molecule has 154 valence electrons. The molecule has 0 spiro atoms. The fourth-order valence-corrected chi connectivity index (χ4v) is 2.28. The largest absolute Gasteiger partial charge is 0.464 e. The number of nitrogens with two attached hydrogens (primary N) is 1. The van der Waals surface area contributed by atoms with Crippen LogP contribution in [0.1, 0.15) is 71.1 Å². The Labute approximate surface area is 165 Å². The lowest BCUT2D eigenvalue weighted by Gasteiger charge is -2.07. The van der Waals surface area contributed by atoms with Crippen molar-refractivity contribution in [3.8, 4) is 0 Å². The Morgan fingerprint density at radius 2 is 1.33 bits per heavy atom. The predicted octanol–water partition coefficient (Wildman–Crippen LogP) is 4.99. The minimum atomic E-state index is -0.918. The van der Waals surface area contributed by atoms with Gasteiger partial charge in [-0.1, -0.05) is 68.4 Å². The van der Waals surface area contributed by atoms with E-state index in [2.05, 4.69) is 55.5 Å². The van der Waals surface area contributed by atoms with Crippen LogP contribution in [-0.4, -0.2) is 30.3 Å². The van der Waals surface area contributed by atoms with E-state index in [-0.39, 0.29) is 6.61 Å². The second-order valence-corrected chi connectivity index (χ2v) is 6.54. The third kappa shape index (κ3) is 18.9. The number of allylic oxidation sites excluding steroid dienone is 8. The van der Waals surface area contributed by atoms with Crippen molar-refractivity contribution in [3.05, 3.63) is 48.6 Å². The number of carbonyl (C=O) groups is 1. The van der Waals surface area contributed by atoms with Gasteiger partial charge < -0.3 is 15.6 Å². The van der Waals surface area contributed by atoms with Gasteiger partial charge in [0.2, 0.25) is 0 Å². The lowest BCUT2D eigenvalue weighted by atomic mass is 10.2. The Balaban J connectivity index is 3.45. The van der Waals surface area contributed by atoms with Crippen molar-refractivity contribution in [2.75, 3.05) is 13.2 Å². The summed E-state index contributed by atoms with van der Waals surface area (Å²) in [5.41, 5.74) is 5.35. The lowest BCUT2D eigenvalue weighted by molar-refractivity contribution is -0.146. The van der Waals surface area contributed by atoms with Gasteiger partial charge >= 0.3 is 5.97 Å². The van der Waals surface area contributed by atoms with E-state index in [1.165, 1.54) is 25.7 Å². The van der Waals surface area contributed by atoms with Crippen molar-refractivity contribution < 1.29 is 14.6 Å². The summed E-state index contributed by atoms with van der Waals surface area (Å²) in [6.07, 6.45) is 28.5. The highest BCUT2D eigenvalue weighted by molar-refractivity contribution is 5.75. The molecule has 0 heterocycles. The van der Waals surface area contributed by atoms with Crippen LogP contribution < -0.4 is 5.73 Å². The Morgan fingerprint density at radius 3 is 1.81 bits per heavy atom. The minimum Gasteiger partial charge on any atom is -0.464 e. The monoisotopic (exact) mass is 377 g/mol. The van der Waals surface area contributed by atoms with Gasteiger partial charge in [-0.3, -0.25) is 4.79 Å². The maximum Gasteiger partial charge on any atom is 0.325 e. The first-order valence-corrected chi connectivity index (χ1v) is 10.3. The summed E-state index contributed by atoms with van der Waals surface area (Å²) in [5.74, 6) is -0.532. The van der Waals surface area contributed by atoms with Gasteiger partial charge in [0.15, 0.2) is 0 Å². The average molecular weight is 378 g/mol. The minimum absolute atomic E-state index is 0.362. The molecule has 0 aromatic rings. The molecule has 27 heavy (non-hydrogen) atoms. The van der Waals surface area contributed by atoms with Crippen molar-refractivity contribution in [2.24, 2.45) is 5.73 Å². The molecule has 0 rings (SSSR count). The molecule has 0 fully saturated rings. The molecule has 3 N–H and O–H groups in total. The maximum absolute atomic E-state index is 11.2. The standard InChI is InChI=1S/C23H39NO3/c1-2-3-4-5-6-7-8-9-10-11-12-13-14-15-16-17-18-19-20-27-23(26)22(24)21-25/h6-7,9-10,12-13,15-16,22,25H,2-5,8,11,14,17-21,24H2,1H3/t22-/m0/s1.